The molecule has 310 valence electrons. The van der Waals surface area contributed by atoms with Crippen LogP contribution in [0.2, 0.25) is 0 Å². The van der Waals surface area contributed by atoms with Crippen molar-refractivity contribution in [2.75, 3.05) is 45.4 Å². The first-order valence-corrected chi connectivity index (χ1v) is 18.8. The molecule has 1 saturated heterocycles. The fourth-order valence-corrected chi connectivity index (χ4v) is 6.61. The molecule has 16 heteroatoms. The third-order valence-corrected chi connectivity index (χ3v) is 9.81. The number of aromatic nitrogens is 4. The fourth-order valence-electron chi connectivity index (χ4n) is 6.61. The SMILES string of the molecule is COc1ccc(-c2nc(CCO)c(C)o2)cc1.COc1ccc(-c2nc(CCOc3ccc(C[C@@H]4CN(c5nccc(C(F)(F)F)n5)C[C@@H]4C(=O)O)cc3)c(C)o2)cc1. The number of aliphatic carboxylic acids is 1. The van der Waals surface area contributed by atoms with Gasteiger partial charge in [-0.15, -0.1) is 0 Å². The molecule has 6 aromatic rings. The first-order valence-electron chi connectivity index (χ1n) is 18.8. The van der Waals surface area contributed by atoms with Crippen molar-refractivity contribution in [3.05, 3.63) is 119 Å². The van der Waals surface area contributed by atoms with E-state index in [1.807, 2.05) is 86.6 Å². The van der Waals surface area contributed by atoms with Crippen LogP contribution in [0.15, 0.2) is 93.9 Å². The molecule has 2 atom stereocenters. The maximum atomic E-state index is 13.1. The van der Waals surface area contributed by atoms with Gasteiger partial charge in [-0.1, -0.05) is 12.1 Å². The molecule has 0 radical (unpaired) electrons. The summed E-state index contributed by atoms with van der Waals surface area (Å²) in [5, 5.41) is 18.7. The molecule has 0 saturated carbocycles. The lowest BCUT2D eigenvalue weighted by molar-refractivity contribution is -0.142. The number of ether oxygens (including phenoxy) is 3. The van der Waals surface area contributed by atoms with Gasteiger partial charge in [-0.2, -0.15) is 13.2 Å². The number of alkyl halides is 3. The van der Waals surface area contributed by atoms with Crippen molar-refractivity contribution in [2.45, 2.75) is 39.3 Å². The van der Waals surface area contributed by atoms with E-state index in [0.717, 1.165) is 57.6 Å². The smallest absolute Gasteiger partial charge is 0.433 e. The Morgan fingerprint density at radius 3 is 1.83 bits per heavy atom. The van der Waals surface area contributed by atoms with Crippen LogP contribution in [0.5, 0.6) is 17.2 Å². The number of oxazole rings is 2. The highest BCUT2D eigenvalue weighted by Crippen LogP contribution is 2.33. The minimum Gasteiger partial charge on any atom is -0.497 e. The molecule has 13 nitrogen and oxygen atoms in total. The molecule has 7 rings (SSSR count). The number of carbonyl (C=O) groups is 1. The van der Waals surface area contributed by atoms with Gasteiger partial charge in [0.15, 0.2) is 0 Å². The highest BCUT2D eigenvalue weighted by Gasteiger charge is 2.40. The van der Waals surface area contributed by atoms with E-state index >= 15 is 0 Å². The van der Waals surface area contributed by atoms with Crippen LogP contribution in [0.25, 0.3) is 22.9 Å². The van der Waals surface area contributed by atoms with E-state index in [4.69, 9.17) is 28.2 Å². The van der Waals surface area contributed by atoms with Crippen LogP contribution in [-0.2, 0) is 30.2 Å². The van der Waals surface area contributed by atoms with Crippen molar-refractivity contribution in [3.8, 4) is 40.2 Å². The molecule has 3 aromatic carbocycles. The molecule has 0 unspecified atom stereocenters. The number of halogens is 3. The van der Waals surface area contributed by atoms with Crippen molar-refractivity contribution in [1.82, 2.24) is 19.9 Å². The third kappa shape index (κ3) is 10.8. The van der Waals surface area contributed by atoms with Crippen LogP contribution >= 0.6 is 0 Å². The normalized spacial score (nSPS) is 15.1. The predicted molar refractivity (Wildman–Crippen MR) is 210 cm³/mol. The van der Waals surface area contributed by atoms with E-state index in [0.29, 0.717) is 49.2 Å². The fraction of sp³-hybridized carbons (Fsp3) is 0.326. The summed E-state index contributed by atoms with van der Waals surface area (Å²) in [4.78, 5) is 30.0. The molecule has 2 N–H and O–H groups in total. The summed E-state index contributed by atoms with van der Waals surface area (Å²) < 4.78 is 66.9. The molecule has 59 heavy (non-hydrogen) atoms. The predicted octanol–water partition coefficient (Wildman–Crippen LogP) is 7.66. The molecule has 1 fully saturated rings. The molecule has 0 amide bonds. The topological polar surface area (TPSA) is 166 Å². The van der Waals surface area contributed by atoms with Crippen LogP contribution in [0.4, 0.5) is 19.1 Å². The summed E-state index contributed by atoms with van der Waals surface area (Å²) in [5.74, 6) is 2.54. The zero-order valence-electron chi connectivity index (χ0n) is 32.9. The zero-order valence-corrected chi connectivity index (χ0v) is 32.9. The number of aliphatic hydroxyl groups is 1. The van der Waals surface area contributed by atoms with Crippen LogP contribution in [0.3, 0.4) is 0 Å². The maximum absolute atomic E-state index is 13.1. The van der Waals surface area contributed by atoms with Crippen LogP contribution < -0.4 is 19.1 Å². The summed E-state index contributed by atoms with van der Waals surface area (Å²) >= 11 is 0. The van der Waals surface area contributed by atoms with E-state index in [1.165, 1.54) is 4.90 Å². The second-order valence-electron chi connectivity index (χ2n) is 13.8. The van der Waals surface area contributed by atoms with Crippen molar-refractivity contribution in [3.63, 3.8) is 0 Å². The summed E-state index contributed by atoms with van der Waals surface area (Å²) in [6.07, 6.45) is -2.08. The van der Waals surface area contributed by atoms with Crippen molar-refractivity contribution in [1.29, 1.82) is 0 Å². The van der Waals surface area contributed by atoms with Crippen LogP contribution in [0, 0.1) is 25.7 Å². The average molecular weight is 816 g/mol. The van der Waals surface area contributed by atoms with Gasteiger partial charge in [0.05, 0.1) is 38.1 Å². The summed E-state index contributed by atoms with van der Waals surface area (Å²) in [7, 11) is 3.24. The van der Waals surface area contributed by atoms with E-state index in [9.17, 15) is 23.1 Å². The summed E-state index contributed by atoms with van der Waals surface area (Å²) in [6.45, 7) is 4.43. The van der Waals surface area contributed by atoms with Gasteiger partial charge >= 0.3 is 12.1 Å². The van der Waals surface area contributed by atoms with Gasteiger partial charge in [-0.05, 0) is 98.5 Å². The number of aliphatic hydroxyl groups excluding tert-OH is 1. The number of methoxy groups -OCH3 is 2. The highest BCUT2D eigenvalue weighted by atomic mass is 19.4. The Morgan fingerprint density at radius 1 is 0.780 bits per heavy atom. The standard InChI is InChI=1S/C30H29F3N4O5.C13H15NO3/c1-18-25(35-27(42-18)20-5-9-22(40-2)10-6-20)12-14-41-23-7-3-19(4-8-23)15-21-16-37(17-24(21)28(38)39)29-34-13-11-26(36-29)30(31,32)33;1-9-12(7-8-15)14-13(17-9)10-3-5-11(16-2)6-4-10/h3-11,13,21,24H,12,14-17H2,1-2H3,(H,38,39);3-6,15H,7-8H2,1-2H3/t21-,24+;/m1./s1. The van der Waals surface area contributed by atoms with E-state index in [2.05, 4.69) is 19.9 Å². The first-order chi connectivity index (χ1) is 28.3. The molecule has 0 spiro atoms. The Labute approximate surface area is 338 Å². The maximum Gasteiger partial charge on any atom is 0.433 e. The lowest BCUT2D eigenvalue weighted by atomic mass is 9.90. The monoisotopic (exact) mass is 815 g/mol. The zero-order chi connectivity index (χ0) is 42.1. The van der Waals surface area contributed by atoms with E-state index in [-0.39, 0.29) is 31.6 Å². The minimum atomic E-state index is -4.61. The molecular formula is C43H44F3N5O8. The van der Waals surface area contributed by atoms with Crippen molar-refractivity contribution in [2.24, 2.45) is 11.8 Å². The first kappa shape index (κ1) is 42.2. The second kappa shape index (κ2) is 18.9. The van der Waals surface area contributed by atoms with Crippen molar-refractivity contribution >= 4 is 11.9 Å². The highest BCUT2D eigenvalue weighted by molar-refractivity contribution is 5.72. The largest absolute Gasteiger partial charge is 0.497 e. The minimum absolute atomic E-state index is 0.0319. The lowest BCUT2D eigenvalue weighted by Crippen LogP contribution is -2.25. The number of nitrogens with zero attached hydrogens (tertiary/aromatic N) is 5. The quantitative estimate of drug-likeness (QED) is 0.110. The number of hydrogen-bond acceptors (Lipinski definition) is 12. The molecular weight excluding hydrogens is 771 g/mol. The Bertz CT molecular complexity index is 2290. The number of carboxylic acid groups (broad SMARTS) is 1. The summed E-state index contributed by atoms with van der Waals surface area (Å²) in [5.41, 5.74) is 3.18. The van der Waals surface area contributed by atoms with Crippen molar-refractivity contribution < 1.29 is 51.2 Å². The van der Waals surface area contributed by atoms with Crippen LogP contribution in [-0.4, -0.2) is 76.6 Å². The summed E-state index contributed by atoms with van der Waals surface area (Å²) in [6, 6.07) is 23.1. The molecule has 0 bridgehead atoms. The Balaban J connectivity index is 0.000000287. The molecule has 1 aliphatic rings. The van der Waals surface area contributed by atoms with Gasteiger partial charge in [-0.3, -0.25) is 4.79 Å². The molecule has 4 heterocycles. The van der Waals surface area contributed by atoms with E-state index < -0.39 is 23.8 Å². The van der Waals surface area contributed by atoms with E-state index in [1.54, 1.807) is 14.2 Å². The number of aryl methyl sites for hydroxylation is 2. The third-order valence-electron chi connectivity index (χ3n) is 9.81. The molecule has 1 aliphatic heterocycles. The molecule has 0 aliphatic carbocycles. The number of anilines is 1. The Morgan fingerprint density at radius 2 is 1.32 bits per heavy atom. The Hall–Kier alpha value is -6.42. The van der Waals surface area contributed by atoms with Gasteiger partial charge in [0.1, 0.15) is 34.5 Å². The number of rotatable bonds is 14. The van der Waals surface area contributed by atoms with Crippen LogP contribution in [0.1, 0.15) is 34.2 Å². The van der Waals surface area contributed by atoms with Gasteiger partial charge in [0.2, 0.25) is 17.7 Å². The average Bonchev–Trinajstić information content (AvgIpc) is 3.95. The Kier molecular flexibility index (Phi) is 13.5. The van der Waals surface area contributed by atoms with Gasteiger partial charge in [-0.25, -0.2) is 19.9 Å². The molecule has 3 aromatic heterocycles. The second-order valence-corrected chi connectivity index (χ2v) is 13.8. The number of hydrogen-bond donors (Lipinski definition) is 2. The van der Waals surface area contributed by atoms with Gasteiger partial charge < -0.3 is 38.2 Å². The lowest BCUT2D eigenvalue weighted by Gasteiger charge is -2.17. The number of carboxylic acids is 1. The van der Waals surface area contributed by atoms with Gasteiger partial charge in [0.25, 0.3) is 0 Å². The number of benzene rings is 3. The van der Waals surface area contributed by atoms with Gasteiger partial charge in [0, 0.05) is 49.9 Å².